The monoisotopic (exact) mass is 801 g/mol. The molecule has 7 heterocycles. The Balaban J connectivity index is 0.770. The summed E-state index contributed by atoms with van der Waals surface area (Å²) >= 11 is 0. The number of piperidine rings is 3. The van der Waals surface area contributed by atoms with Crippen molar-refractivity contribution in [3.8, 4) is 0 Å². The van der Waals surface area contributed by atoms with E-state index in [1.807, 2.05) is 24.4 Å². The second-order valence-corrected chi connectivity index (χ2v) is 16.9. The number of aromatic nitrogens is 4. The lowest BCUT2D eigenvalue weighted by atomic mass is 9.94. The molecular formula is C43H51N11O5. The van der Waals surface area contributed by atoms with Crippen LogP contribution < -0.4 is 20.9 Å². The van der Waals surface area contributed by atoms with Crippen molar-refractivity contribution in [3.05, 3.63) is 65.6 Å². The average molecular weight is 802 g/mol. The number of carbonyl (C=O) groups excluding carboxylic acids is 5. The molecule has 9 rings (SSSR count). The Morgan fingerprint density at radius 3 is 2.41 bits per heavy atom. The zero-order valence-corrected chi connectivity index (χ0v) is 33.7. The van der Waals surface area contributed by atoms with Crippen LogP contribution in [0.1, 0.15) is 101 Å². The summed E-state index contributed by atoms with van der Waals surface area (Å²) in [6.45, 7) is 4.89. The summed E-state index contributed by atoms with van der Waals surface area (Å²) in [5.74, 6) is -0.319. The molecular weight excluding hydrogens is 751 g/mol. The van der Waals surface area contributed by atoms with Gasteiger partial charge in [-0.1, -0.05) is 12.8 Å². The molecule has 308 valence electrons. The predicted octanol–water partition coefficient (Wildman–Crippen LogP) is 4.58. The summed E-state index contributed by atoms with van der Waals surface area (Å²) in [5.41, 5.74) is 3.86. The normalized spacial score (nSPS) is 21.9. The molecule has 5 amide bonds. The summed E-state index contributed by atoms with van der Waals surface area (Å²) in [5, 5.41) is 9.99. The van der Waals surface area contributed by atoms with Crippen LogP contribution in [-0.2, 0) is 9.59 Å². The molecule has 2 atom stereocenters. The fraction of sp³-hybridized carbons (Fsp3) is 0.488. The maximum absolute atomic E-state index is 13.3. The van der Waals surface area contributed by atoms with Gasteiger partial charge in [0.05, 0.1) is 23.0 Å². The van der Waals surface area contributed by atoms with E-state index in [1.54, 1.807) is 37.3 Å². The van der Waals surface area contributed by atoms with Crippen LogP contribution in [0, 0.1) is 5.92 Å². The Labute approximate surface area is 342 Å². The third-order valence-corrected chi connectivity index (χ3v) is 12.7. The molecule has 0 radical (unpaired) electrons. The number of amides is 5. The van der Waals surface area contributed by atoms with Gasteiger partial charge in [0.1, 0.15) is 23.2 Å². The number of benzene rings is 1. The highest BCUT2D eigenvalue weighted by Crippen LogP contribution is 2.35. The number of imide groups is 2. The van der Waals surface area contributed by atoms with Crippen LogP contribution in [-0.4, -0.2) is 123 Å². The first-order chi connectivity index (χ1) is 28.6. The van der Waals surface area contributed by atoms with Crippen LogP contribution in [0.5, 0.6) is 0 Å². The Hall–Kier alpha value is -5.90. The second kappa shape index (κ2) is 16.0. The number of fused-ring (bicyclic) bond motifs is 2. The fourth-order valence-corrected chi connectivity index (χ4v) is 9.63. The third-order valence-electron chi connectivity index (χ3n) is 12.7. The molecule has 1 saturated carbocycles. The molecule has 1 unspecified atom stereocenters. The molecule has 3 aromatic heterocycles. The van der Waals surface area contributed by atoms with E-state index < -0.39 is 29.7 Å². The molecule has 3 saturated heterocycles. The van der Waals surface area contributed by atoms with Crippen LogP contribution in [0.4, 0.5) is 23.1 Å². The summed E-state index contributed by atoms with van der Waals surface area (Å²) in [7, 11) is 3.55. The Bertz CT molecular complexity index is 2290. The molecule has 1 aliphatic carbocycles. The molecule has 59 heavy (non-hydrogen) atoms. The number of hydrogen-bond acceptors (Lipinski definition) is 12. The van der Waals surface area contributed by atoms with Crippen molar-refractivity contribution in [2.75, 3.05) is 62.4 Å². The number of nitrogens with one attached hydrogen (secondary N) is 3. The van der Waals surface area contributed by atoms with Crippen molar-refractivity contribution < 1.29 is 24.0 Å². The van der Waals surface area contributed by atoms with Gasteiger partial charge in [0, 0.05) is 76.0 Å². The van der Waals surface area contributed by atoms with Gasteiger partial charge < -0.3 is 29.9 Å². The quantitative estimate of drug-likeness (QED) is 0.191. The summed E-state index contributed by atoms with van der Waals surface area (Å²) in [6, 6.07) is 10.7. The van der Waals surface area contributed by atoms with E-state index in [1.165, 1.54) is 0 Å². The minimum absolute atomic E-state index is 0.0314. The van der Waals surface area contributed by atoms with Crippen molar-refractivity contribution in [1.82, 2.24) is 39.5 Å². The van der Waals surface area contributed by atoms with Gasteiger partial charge in [-0.2, -0.15) is 4.98 Å². The van der Waals surface area contributed by atoms with Crippen molar-refractivity contribution in [2.24, 2.45) is 5.92 Å². The zero-order valence-electron chi connectivity index (χ0n) is 33.7. The Kier molecular flexibility index (Phi) is 10.5. The van der Waals surface area contributed by atoms with E-state index in [0.29, 0.717) is 23.4 Å². The smallest absolute Gasteiger partial charge is 0.270 e. The summed E-state index contributed by atoms with van der Waals surface area (Å²) in [6.07, 6.45) is 12.5. The van der Waals surface area contributed by atoms with Gasteiger partial charge in [-0.15, -0.1) is 0 Å². The molecule has 16 nitrogen and oxygen atoms in total. The SMILES string of the molecule is CN(C)C(=O)c1cc2cnc(Nc3ccc(N4CCC(CN5CCC[C@H](Nc6ccc7c(c6)C(=O)N(C6CCC(=O)NC6=O)C7=O)C5)CC4)cn3)nc2n1C1CCCC1. The first-order valence-corrected chi connectivity index (χ1v) is 21.0. The van der Waals surface area contributed by atoms with Crippen molar-refractivity contribution in [1.29, 1.82) is 0 Å². The molecule has 5 aliphatic rings. The van der Waals surface area contributed by atoms with Gasteiger partial charge >= 0.3 is 0 Å². The molecule has 0 bridgehead atoms. The maximum Gasteiger partial charge on any atom is 0.270 e. The molecule has 4 aliphatic heterocycles. The molecule has 3 N–H and O–H groups in total. The maximum atomic E-state index is 13.3. The van der Waals surface area contributed by atoms with Gasteiger partial charge in [0.2, 0.25) is 17.8 Å². The van der Waals surface area contributed by atoms with Gasteiger partial charge in [0.25, 0.3) is 17.7 Å². The van der Waals surface area contributed by atoms with E-state index >= 15 is 0 Å². The lowest BCUT2D eigenvalue weighted by molar-refractivity contribution is -0.136. The average Bonchev–Trinajstić information content (AvgIpc) is 3.95. The lowest BCUT2D eigenvalue weighted by Crippen LogP contribution is -2.54. The van der Waals surface area contributed by atoms with Gasteiger partial charge in [0.15, 0.2) is 0 Å². The highest BCUT2D eigenvalue weighted by atomic mass is 16.2. The van der Waals surface area contributed by atoms with Crippen LogP contribution in [0.25, 0.3) is 11.0 Å². The van der Waals surface area contributed by atoms with Crippen molar-refractivity contribution in [2.45, 2.75) is 82.3 Å². The van der Waals surface area contributed by atoms with E-state index in [-0.39, 0.29) is 42.0 Å². The first-order valence-electron chi connectivity index (χ1n) is 21.0. The first kappa shape index (κ1) is 38.6. The molecule has 4 fully saturated rings. The standard InChI is InChI=1S/C43H51N11O5/c1-50(2)42(59)35-20-27-22-45-43(49-38(27)53(35)30-7-3-4-8-30)47-36-13-10-31(23-44-36)52-18-15-26(16-19-52)24-51-17-5-6-29(25-51)46-28-9-11-32-33(21-28)41(58)54(40(32)57)34-12-14-37(55)48-39(34)56/h9-11,13,20-23,26,29-30,34,46H,3-8,12,14-19,24-25H2,1-2H3,(H,48,55,56)(H,44,45,47,49)/t29-,34?/m0/s1. The van der Waals surface area contributed by atoms with Crippen LogP contribution in [0.15, 0.2) is 48.8 Å². The number of pyridine rings is 1. The highest BCUT2D eigenvalue weighted by molar-refractivity contribution is 6.23. The summed E-state index contributed by atoms with van der Waals surface area (Å²) in [4.78, 5) is 85.4. The topological polar surface area (TPSA) is 178 Å². The number of hydrogen-bond donors (Lipinski definition) is 3. The van der Waals surface area contributed by atoms with E-state index in [4.69, 9.17) is 9.97 Å². The van der Waals surface area contributed by atoms with Gasteiger partial charge in [-0.3, -0.25) is 34.2 Å². The van der Waals surface area contributed by atoms with Crippen molar-refractivity contribution >= 4 is 63.7 Å². The van der Waals surface area contributed by atoms with Crippen molar-refractivity contribution in [3.63, 3.8) is 0 Å². The van der Waals surface area contributed by atoms with Crippen LogP contribution in [0.2, 0.25) is 0 Å². The molecule has 4 aromatic rings. The fourth-order valence-electron chi connectivity index (χ4n) is 9.63. The van der Waals surface area contributed by atoms with E-state index in [0.717, 1.165) is 111 Å². The number of anilines is 4. The number of rotatable bonds is 10. The van der Waals surface area contributed by atoms with Gasteiger partial charge in [-0.25, -0.2) is 9.97 Å². The largest absolute Gasteiger partial charge is 0.381 e. The molecule has 1 aromatic carbocycles. The van der Waals surface area contributed by atoms with E-state index in [9.17, 15) is 24.0 Å². The third kappa shape index (κ3) is 7.73. The summed E-state index contributed by atoms with van der Waals surface area (Å²) < 4.78 is 2.12. The zero-order chi connectivity index (χ0) is 40.8. The Morgan fingerprint density at radius 2 is 1.66 bits per heavy atom. The number of likely N-dealkylation sites (tertiary alicyclic amines) is 1. The van der Waals surface area contributed by atoms with E-state index in [2.05, 4.69) is 41.4 Å². The van der Waals surface area contributed by atoms with Gasteiger partial charge in [-0.05, 0) is 93.8 Å². The lowest BCUT2D eigenvalue weighted by Gasteiger charge is -2.39. The Morgan fingerprint density at radius 1 is 0.864 bits per heavy atom. The van der Waals surface area contributed by atoms with Crippen LogP contribution in [0.3, 0.4) is 0 Å². The van der Waals surface area contributed by atoms with Crippen LogP contribution >= 0.6 is 0 Å². The molecule has 0 spiro atoms. The number of carbonyl (C=O) groups is 5. The number of nitrogens with zero attached hydrogens (tertiary/aromatic N) is 8. The highest BCUT2D eigenvalue weighted by Gasteiger charge is 2.44. The predicted molar refractivity (Wildman–Crippen MR) is 222 cm³/mol. The minimum Gasteiger partial charge on any atom is -0.381 e. The molecule has 16 heteroatoms. The second-order valence-electron chi connectivity index (χ2n) is 16.9. The minimum atomic E-state index is -0.976.